The summed E-state index contributed by atoms with van der Waals surface area (Å²) in [5.41, 5.74) is 1.65. The molecule has 0 saturated carbocycles. The summed E-state index contributed by atoms with van der Waals surface area (Å²) in [6, 6.07) is 15.9. The fourth-order valence-electron chi connectivity index (χ4n) is 2.99. The maximum Gasteiger partial charge on any atom is 0.251 e. The number of nitrogens with one attached hydrogen (secondary N) is 1. The topological polar surface area (TPSA) is 109 Å². The van der Waals surface area contributed by atoms with Crippen LogP contribution in [0.5, 0.6) is 5.75 Å². The zero-order valence-electron chi connectivity index (χ0n) is 16.4. The highest BCUT2D eigenvalue weighted by atomic mass is 32.2. The van der Waals surface area contributed by atoms with E-state index in [0.717, 1.165) is 5.56 Å². The maximum absolute atomic E-state index is 12.4. The van der Waals surface area contributed by atoms with Crippen LogP contribution in [-0.2, 0) is 21.4 Å². The van der Waals surface area contributed by atoms with Gasteiger partial charge in [0.25, 0.3) is 5.91 Å². The van der Waals surface area contributed by atoms with Gasteiger partial charge in [-0.2, -0.15) is 9.57 Å². The van der Waals surface area contributed by atoms with Gasteiger partial charge in [0.15, 0.2) is 0 Å². The van der Waals surface area contributed by atoms with E-state index in [9.17, 15) is 13.2 Å². The Bertz CT molecular complexity index is 1030. The normalized spacial score (nSPS) is 14.6. The number of nitrogens with zero attached hydrogens (tertiary/aromatic N) is 2. The van der Waals surface area contributed by atoms with Crippen molar-refractivity contribution >= 4 is 15.9 Å². The molecule has 9 heteroatoms. The third kappa shape index (κ3) is 5.79. The number of hydrogen-bond acceptors (Lipinski definition) is 6. The van der Waals surface area contributed by atoms with Gasteiger partial charge < -0.3 is 14.8 Å². The van der Waals surface area contributed by atoms with E-state index in [1.54, 1.807) is 36.4 Å². The highest BCUT2D eigenvalue weighted by Crippen LogP contribution is 2.17. The first-order valence-corrected chi connectivity index (χ1v) is 11.1. The molecule has 0 aliphatic carbocycles. The van der Waals surface area contributed by atoms with Crippen LogP contribution in [0.15, 0.2) is 48.5 Å². The lowest BCUT2D eigenvalue weighted by Gasteiger charge is -2.26. The van der Waals surface area contributed by atoms with Crippen molar-refractivity contribution in [1.29, 1.82) is 5.26 Å². The van der Waals surface area contributed by atoms with Gasteiger partial charge in [-0.05, 0) is 24.3 Å². The lowest BCUT2D eigenvalue weighted by atomic mass is 10.1. The predicted octanol–water partition coefficient (Wildman–Crippen LogP) is 1.53. The van der Waals surface area contributed by atoms with Crippen molar-refractivity contribution in [3.8, 4) is 11.8 Å². The molecule has 0 spiro atoms. The Hall–Kier alpha value is -2.93. The van der Waals surface area contributed by atoms with Gasteiger partial charge in [0.05, 0.1) is 30.6 Å². The van der Waals surface area contributed by atoms with Gasteiger partial charge in [-0.1, -0.05) is 24.3 Å². The van der Waals surface area contributed by atoms with Crippen LogP contribution in [0.3, 0.4) is 0 Å². The molecular weight excluding hydrogens is 406 g/mol. The third-order valence-corrected chi connectivity index (χ3v) is 6.51. The summed E-state index contributed by atoms with van der Waals surface area (Å²) in [6.07, 6.45) is 0. The second kappa shape index (κ2) is 10.2. The van der Waals surface area contributed by atoms with Crippen LogP contribution in [-0.4, -0.2) is 57.2 Å². The number of rotatable bonds is 8. The van der Waals surface area contributed by atoms with Crippen molar-refractivity contribution < 1.29 is 22.7 Å². The van der Waals surface area contributed by atoms with Crippen molar-refractivity contribution in [2.45, 2.75) is 6.61 Å². The Morgan fingerprint density at radius 2 is 1.93 bits per heavy atom. The minimum atomic E-state index is -3.43. The number of hydrogen-bond donors (Lipinski definition) is 1. The van der Waals surface area contributed by atoms with Gasteiger partial charge in [0.1, 0.15) is 12.4 Å². The molecule has 0 radical (unpaired) electrons. The summed E-state index contributed by atoms with van der Waals surface area (Å²) in [5.74, 6) is -0.0637. The van der Waals surface area contributed by atoms with Crippen molar-refractivity contribution in [1.82, 2.24) is 9.62 Å². The standard InChI is InChI=1S/C21H23N3O5S/c22-15-18-4-1-2-5-19(18)16-29-20-7-3-6-17(14-20)21(25)23-8-13-30(26,27)24-9-11-28-12-10-24/h1-7,14H,8-13,16H2,(H,23,25). The number of carbonyl (C=O) groups is 1. The average Bonchev–Trinajstić information content (AvgIpc) is 2.78. The molecule has 1 N–H and O–H groups in total. The summed E-state index contributed by atoms with van der Waals surface area (Å²) in [7, 11) is -3.43. The van der Waals surface area contributed by atoms with E-state index in [0.29, 0.717) is 43.2 Å². The number of nitriles is 1. The predicted molar refractivity (Wildman–Crippen MR) is 110 cm³/mol. The SMILES string of the molecule is N#Cc1ccccc1COc1cccc(C(=O)NCCS(=O)(=O)N2CCOCC2)c1. The summed E-state index contributed by atoms with van der Waals surface area (Å²) in [5, 5.41) is 11.8. The molecule has 1 fully saturated rings. The van der Waals surface area contributed by atoms with E-state index in [2.05, 4.69) is 11.4 Å². The van der Waals surface area contributed by atoms with Gasteiger partial charge in [-0.3, -0.25) is 4.79 Å². The Balaban J connectivity index is 1.53. The van der Waals surface area contributed by atoms with Gasteiger partial charge in [-0.15, -0.1) is 0 Å². The van der Waals surface area contributed by atoms with Crippen LogP contribution in [0.1, 0.15) is 21.5 Å². The zero-order chi connectivity index (χ0) is 21.4. The van der Waals surface area contributed by atoms with Crippen molar-refractivity contribution in [3.63, 3.8) is 0 Å². The number of benzene rings is 2. The Morgan fingerprint density at radius 1 is 1.17 bits per heavy atom. The van der Waals surface area contributed by atoms with Crippen molar-refractivity contribution in [3.05, 3.63) is 65.2 Å². The van der Waals surface area contributed by atoms with E-state index in [1.165, 1.54) is 4.31 Å². The quantitative estimate of drug-likeness (QED) is 0.682. The van der Waals surface area contributed by atoms with E-state index in [1.807, 2.05) is 12.1 Å². The lowest BCUT2D eigenvalue weighted by Crippen LogP contribution is -2.43. The van der Waals surface area contributed by atoms with E-state index < -0.39 is 10.0 Å². The largest absolute Gasteiger partial charge is 0.489 e. The molecule has 0 aromatic heterocycles. The van der Waals surface area contributed by atoms with E-state index in [-0.39, 0.29) is 24.8 Å². The Morgan fingerprint density at radius 3 is 2.70 bits per heavy atom. The molecule has 0 bridgehead atoms. The molecule has 2 aromatic rings. The molecule has 1 amide bonds. The second-order valence-corrected chi connectivity index (χ2v) is 8.76. The summed E-state index contributed by atoms with van der Waals surface area (Å²) in [4.78, 5) is 12.4. The first-order chi connectivity index (χ1) is 14.5. The molecule has 8 nitrogen and oxygen atoms in total. The Labute approximate surface area is 176 Å². The monoisotopic (exact) mass is 429 g/mol. The number of carbonyl (C=O) groups excluding carboxylic acids is 1. The van der Waals surface area contributed by atoms with Crippen LogP contribution in [0.4, 0.5) is 0 Å². The number of amides is 1. The molecule has 3 rings (SSSR count). The third-order valence-electron chi connectivity index (χ3n) is 4.64. The molecule has 1 saturated heterocycles. The van der Waals surface area contributed by atoms with E-state index in [4.69, 9.17) is 14.7 Å². The molecule has 1 aliphatic heterocycles. The number of sulfonamides is 1. The van der Waals surface area contributed by atoms with Gasteiger partial charge >= 0.3 is 0 Å². The Kier molecular flexibility index (Phi) is 7.41. The lowest BCUT2D eigenvalue weighted by molar-refractivity contribution is 0.0730. The highest BCUT2D eigenvalue weighted by Gasteiger charge is 2.24. The number of ether oxygens (including phenoxy) is 2. The fourth-order valence-corrected chi connectivity index (χ4v) is 4.32. The second-order valence-electron chi connectivity index (χ2n) is 6.67. The zero-order valence-corrected chi connectivity index (χ0v) is 17.2. The minimum absolute atomic E-state index is 0.0130. The molecular formula is C21H23N3O5S. The molecule has 158 valence electrons. The number of morpholine rings is 1. The smallest absolute Gasteiger partial charge is 0.251 e. The minimum Gasteiger partial charge on any atom is -0.489 e. The van der Waals surface area contributed by atoms with Gasteiger partial charge in [-0.25, -0.2) is 8.42 Å². The van der Waals surface area contributed by atoms with Crippen LogP contribution in [0.25, 0.3) is 0 Å². The van der Waals surface area contributed by atoms with Gasteiger partial charge in [0.2, 0.25) is 10.0 Å². The maximum atomic E-state index is 12.4. The molecule has 1 aliphatic rings. The van der Waals surface area contributed by atoms with Crippen molar-refractivity contribution in [2.24, 2.45) is 0 Å². The highest BCUT2D eigenvalue weighted by molar-refractivity contribution is 7.89. The molecule has 2 aromatic carbocycles. The van der Waals surface area contributed by atoms with Crippen LogP contribution in [0, 0.1) is 11.3 Å². The molecule has 30 heavy (non-hydrogen) atoms. The first-order valence-electron chi connectivity index (χ1n) is 9.54. The van der Waals surface area contributed by atoms with E-state index >= 15 is 0 Å². The summed E-state index contributed by atoms with van der Waals surface area (Å²) >= 11 is 0. The molecule has 0 atom stereocenters. The van der Waals surface area contributed by atoms with Crippen LogP contribution < -0.4 is 10.1 Å². The first kappa shape index (κ1) is 21.8. The van der Waals surface area contributed by atoms with Crippen LogP contribution in [0.2, 0.25) is 0 Å². The summed E-state index contributed by atoms with van der Waals surface area (Å²) in [6.45, 7) is 1.66. The molecule has 1 heterocycles. The fraction of sp³-hybridized carbons (Fsp3) is 0.333. The summed E-state index contributed by atoms with van der Waals surface area (Å²) < 4.78 is 36.9. The van der Waals surface area contributed by atoms with Crippen molar-refractivity contribution in [2.75, 3.05) is 38.6 Å². The van der Waals surface area contributed by atoms with Crippen LogP contribution >= 0.6 is 0 Å². The van der Waals surface area contributed by atoms with Gasteiger partial charge in [0, 0.05) is 30.8 Å². The average molecular weight is 429 g/mol. The molecule has 0 unspecified atom stereocenters.